The van der Waals surface area contributed by atoms with Crippen molar-refractivity contribution < 1.29 is 9.59 Å². The molecule has 0 aromatic heterocycles. The Labute approximate surface area is 109 Å². The zero-order valence-corrected chi connectivity index (χ0v) is 11.7. The normalized spacial score (nSPS) is 18.5. The minimum atomic E-state index is 0.0524. The van der Waals surface area contributed by atoms with Crippen LogP contribution in [0.3, 0.4) is 0 Å². The van der Waals surface area contributed by atoms with Crippen LogP contribution in [0.4, 0.5) is 0 Å². The molecule has 1 rings (SSSR count). The number of nitrogens with zero attached hydrogens (tertiary/aromatic N) is 1. The van der Waals surface area contributed by atoms with Gasteiger partial charge in [0.2, 0.25) is 11.8 Å². The van der Waals surface area contributed by atoms with Crippen LogP contribution in [0.2, 0.25) is 0 Å². The molecular formula is C13H25N3O2. The highest BCUT2D eigenvalue weighted by atomic mass is 16.2. The number of carbonyl (C=O) groups excluding carboxylic acids is 2. The first-order valence-electron chi connectivity index (χ1n) is 6.81. The Morgan fingerprint density at radius 1 is 1.33 bits per heavy atom. The number of rotatable bonds is 5. The molecule has 0 radical (unpaired) electrons. The van der Waals surface area contributed by atoms with Gasteiger partial charge in [0.05, 0.1) is 6.54 Å². The monoisotopic (exact) mass is 255 g/mol. The summed E-state index contributed by atoms with van der Waals surface area (Å²) in [5.74, 6) is 0.176. The van der Waals surface area contributed by atoms with Crippen LogP contribution in [-0.2, 0) is 9.59 Å². The molecular weight excluding hydrogens is 230 g/mol. The summed E-state index contributed by atoms with van der Waals surface area (Å²) >= 11 is 0. The van der Waals surface area contributed by atoms with E-state index in [1.807, 2.05) is 4.90 Å². The number of carbonyl (C=O) groups is 2. The van der Waals surface area contributed by atoms with Gasteiger partial charge in [-0.2, -0.15) is 0 Å². The van der Waals surface area contributed by atoms with Crippen LogP contribution in [0, 0.1) is 0 Å². The third-order valence-electron chi connectivity index (χ3n) is 3.53. The fourth-order valence-corrected chi connectivity index (χ4v) is 2.03. The standard InChI is InChI=1S/C13H25N3O2/c1-4-10(2)14-9-13(18)15-12-5-7-16(8-6-12)11(3)17/h10,12,14H,4-9H2,1-3H3,(H,15,18). The summed E-state index contributed by atoms with van der Waals surface area (Å²) in [7, 11) is 0. The summed E-state index contributed by atoms with van der Waals surface area (Å²) in [6, 6.07) is 0.585. The average Bonchev–Trinajstić information content (AvgIpc) is 2.36. The molecule has 2 amide bonds. The van der Waals surface area contributed by atoms with E-state index in [4.69, 9.17) is 0 Å². The van der Waals surface area contributed by atoms with Gasteiger partial charge in [0.1, 0.15) is 0 Å². The van der Waals surface area contributed by atoms with E-state index in [9.17, 15) is 9.59 Å². The van der Waals surface area contributed by atoms with Gasteiger partial charge in [0, 0.05) is 32.1 Å². The van der Waals surface area contributed by atoms with Crippen molar-refractivity contribution >= 4 is 11.8 Å². The van der Waals surface area contributed by atoms with Crippen LogP contribution in [0.25, 0.3) is 0 Å². The average molecular weight is 255 g/mol. The first kappa shape index (κ1) is 15.0. The Balaban J connectivity index is 2.20. The molecule has 1 aliphatic rings. The van der Waals surface area contributed by atoms with E-state index in [1.54, 1.807) is 6.92 Å². The number of likely N-dealkylation sites (tertiary alicyclic amines) is 1. The minimum absolute atomic E-state index is 0.0524. The number of hydrogen-bond donors (Lipinski definition) is 2. The molecule has 1 saturated heterocycles. The number of amides is 2. The summed E-state index contributed by atoms with van der Waals surface area (Å²) in [5.41, 5.74) is 0. The molecule has 1 aliphatic heterocycles. The molecule has 0 bridgehead atoms. The van der Waals surface area contributed by atoms with E-state index in [2.05, 4.69) is 24.5 Å². The molecule has 0 aromatic rings. The van der Waals surface area contributed by atoms with Crippen molar-refractivity contribution in [3.8, 4) is 0 Å². The summed E-state index contributed by atoms with van der Waals surface area (Å²) in [6.07, 6.45) is 2.73. The van der Waals surface area contributed by atoms with Gasteiger partial charge in [-0.15, -0.1) is 0 Å². The third-order valence-corrected chi connectivity index (χ3v) is 3.53. The van der Waals surface area contributed by atoms with E-state index in [1.165, 1.54) is 0 Å². The summed E-state index contributed by atoms with van der Waals surface area (Å²) < 4.78 is 0. The Kier molecular flexibility index (Phi) is 6.12. The Bertz CT molecular complexity index is 286. The smallest absolute Gasteiger partial charge is 0.234 e. The van der Waals surface area contributed by atoms with Gasteiger partial charge in [0.15, 0.2) is 0 Å². The molecule has 1 unspecified atom stereocenters. The SMILES string of the molecule is CCC(C)NCC(=O)NC1CCN(C(C)=O)CC1. The van der Waals surface area contributed by atoms with Crippen molar-refractivity contribution in [2.24, 2.45) is 0 Å². The lowest BCUT2D eigenvalue weighted by Crippen LogP contribution is -2.48. The van der Waals surface area contributed by atoms with Crippen molar-refractivity contribution in [2.45, 2.75) is 52.1 Å². The van der Waals surface area contributed by atoms with Crippen LogP contribution in [0.5, 0.6) is 0 Å². The van der Waals surface area contributed by atoms with Crippen LogP contribution < -0.4 is 10.6 Å². The molecule has 0 saturated carbocycles. The quantitative estimate of drug-likeness (QED) is 0.752. The molecule has 1 fully saturated rings. The second kappa shape index (κ2) is 7.36. The summed E-state index contributed by atoms with van der Waals surface area (Å²) in [6.45, 7) is 7.63. The summed E-state index contributed by atoms with van der Waals surface area (Å²) in [5, 5.41) is 6.19. The van der Waals surface area contributed by atoms with Gasteiger partial charge in [-0.3, -0.25) is 9.59 Å². The van der Waals surface area contributed by atoms with Crippen LogP contribution in [-0.4, -0.2) is 48.4 Å². The first-order chi connectivity index (χ1) is 8.52. The molecule has 1 atom stereocenters. The minimum Gasteiger partial charge on any atom is -0.352 e. The van der Waals surface area contributed by atoms with Gasteiger partial charge in [0.25, 0.3) is 0 Å². The fraction of sp³-hybridized carbons (Fsp3) is 0.846. The molecule has 2 N–H and O–H groups in total. The number of piperidine rings is 1. The van der Waals surface area contributed by atoms with Gasteiger partial charge in [-0.25, -0.2) is 0 Å². The van der Waals surface area contributed by atoms with Crippen molar-refractivity contribution in [1.29, 1.82) is 0 Å². The molecule has 0 aromatic carbocycles. The van der Waals surface area contributed by atoms with Gasteiger partial charge in [-0.05, 0) is 26.2 Å². The van der Waals surface area contributed by atoms with Crippen molar-refractivity contribution in [2.75, 3.05) is 19.6 Å². The molecule has 0 aliphatic carbocycles. The van der Waals surface area contributed by atoms with Gasteiger partial charge < -0.3 is 15.5 Å². The highest BCUT2D eigenvalue weighted by Gasteiger charge is 2.21. The number of nitrogens with one attached hydrogen (secondary N) is 2. The van der Waals surface area contributed by atoms with Crippen molar-refractivity contribution in [1.82, 2.24) is 15.5 Å². The van der Waals surface area contributed by atoms with E-state index >= 15 is 0 Å². The van der Waals surface area contributed by atoms with Crippen molar-refractivity contribution in [3.05, 3.63) is 0 Å². The van der Waals surface area contributed by atoms with Gasteiger partial charge in [-0.1, -0.05) is 6.92 Å². The zero-order valence-electron chi connectivity index (χ0n) is 11.7. The Hall–Kier alpha value is -1.10. The van der Waals surface area contributed by atoms with E-state index in [0.29, 0.717) is 12.6 Å². The topological polar surface area (TPSA) is 61.4 Å². The van der Waals surface area contributed by atoms with Crippen LogP contribution in [0.1, 0.15) is 40.0 Å². The zero-order chi connectivity index (χ0) is 13.5. The molecule has 1 heterocycles. The maximum absolute atomic E-state index is 11.7. The van der Waals surface area contributed by atoms with E-state index in [-0.39, 0.29) is 17.9 Å². The highest BCUT2D eigenvalue weighted by Crippen LogP contribution is 2.10. The lowest BCUT2D eigenvalue weighted by molar-refractivity contribution is -0.130. The largest absolute Gasteiger partial charge is 0.352 e. The fourth-order valence-electron chi connectivity index (χ4n) is 2.03. The van der Waals surface area contributed by atoms with Crippen LogP contribution >= 0.6 is 0 Å². The van der Waals surface area contributed by atoms with Crippen molar-refractivity contribution in [3.63, 3.8) is 0 Å². The Morgan fingerprint density at radius 2 is 1.94 bits per heavy atom. The van der Waals surface area contributed by atoms with Crippen LogP contribution in [0.15, 0.2) is 0 Å². The van der Waals surface area contributed by atoms with E-state index < -0.39 is 0 Å². The maximum Gasteiger partial charge on any atom is 0.234 e. The highest BCUT2D eigenvalue weighted by molar-refractivity contribution is 5.78. The molecule has 5 heteroatoms. The molecule has 104 valence electrons. The molecule has 0 spiro atoms. The Morgan fingerprint density at radius 3 is 2.44 bits per heavy atom. The third kappa shape index (κ3) is 5.04. The predicted octanol–water partition coefficient (Wildman–Crippen LogP) is 0.502. The second-order valence-electron chi connectivity index (χ2n) is 5.04. The lowest BCUT2D eigenvalue weighted by Gasteiger charge is -2.31. The lowest BCUT2D eigenvalue weighted by atomic mass is 10.1. The molecule has 5 nitrogen and oxygen atoms in total. The van der Waals surface area contributed by atoms with E-state index in [0.717, 1.165) is 32.4 Å². The first-order valence-corrected chi connectivity index (χ1v) is 6.81. The number of hydrogen-bond acceptors (Lipinski definition) is 3. The second-order valence-corrected chi connectivity index (χ2v) is 5.04. The summed E-state index contributed by atoms with van der Waals surface area (Å²) in [4.78, 5) is 24.7. The molecule has 18 heavy (non-hydrogen) atoms. The maximum atomic E-state index is 11.7. The van der Waals surface area contributed by atoms with Gasteiger partial charge >= 0.3 is 0 Å². The predicted molar refractivity (Wildman–Crippen MR) is 71.2 cm³/mol.